The van der Waals surface area contributed by atoms with Gasteiger partial charge in [-0.25, -0.2) is 0 Å². The Labute approximate surface area is 109 Å². The van der Waals surface area contributed by atoms with Gasteiger partial charge in [-0.05, 0) is 39.3 Å². The van der Waals surface area contributed by atoms with Gasteiger partial charge >= 0.3 is 5.97 Å². The van der Waals surface area contributed by atoms with Crippen LogP contribution in [-0.2, 0) is 9.59 Å². The third-order valence-corrected chi connectivity index (χ3v) is 3.40. The standard InChI is InChI=1S/C13H24N2O3/c1-11(15-8-3-2-4-9-15)10-14-12(16)6-5-7-13(17)18/h11H,2-10H2,1H3,(H,14,16)(H,17,18). The van der Waals surface area contributed by atoms with Gasteiger partial charge in [0.15, 0.2) is 0 Å². The summed E-state index contributed by atoms with van der Waals surface area (Å²) < 4.78 is 0. The molecule has 5 heteroatoms. The largest absolute Gasteiger partial charge is 0.481 e. The molecule has 1 heterocycles. The average Bonchev–Trinajstić information content (AvgIpc) is 2.36. The van der Waals surface area contributed by atoms with E-state index in [4.69, 9.17) is 5.11 Å². The predicted octanol–water partition coefficient (Wildman–Crippen LogP) is 1.23. The van der Waals surface area contributed by atoms with Crippen LogP contribution in [0.25, 0.3) is 0 Å². The molecule has 1 saturated heterocycles. The van der Waals surface area contributed by atoms with Crippen molar-refractivity contribution in [2.24, 2.45) is 0 Å². The van der Waals surface area contributed by atoms with E-state index in [1.165, 1.54) is 19.3 Å². The summed E-state index contributed by atoms with van der Waals surface area (Å²) in [6.45, 7) is 5.03. The van der Waals surface area contributed by atoms with Crippen LogP contribution in [0.2, 0.25) is 0 Å². The van der Waals surface area contributed by atoms with Crippen LogP contribution in [0.4, 0.5) is 0 Å². The SMILES string of the molecule is CC(CNC(=O)CCCC(=O)O)N1CCCCC1. The second kappa shape index (κ2) is 8.08. The number of carboxylic acids is 1. The summed E-state index contributed by atoms with van der Waals surface area (Å²) in [5.74, 6) is -0.885. The van der Waals surface area contributed by atoms with Crippen LogP contribution in [0, 0.1) is 0 Å². The zero-order chi connectivity index (χ0) is 13.4. The number of nitrogens with one attached hydrogen (secondary N) is 1. The predicted molar refractivity (Wildman–Crippen MR) is 69.4 cm³/mol. The lowest BCUT2D eigenvalue weighted by Gasteiger charge is -2.32. The fourth-order valence-corrected chi connectivity index (χ4v) is 2.24. The first kappa shape index (κ1) is 15.0. The van der Waals surface area contributed by atoms with Gasteiger partial charge in [0.05, 0.1) is 0 Å². The second-order valence-electron chi connectivity index (χ2n) is 5.00. The van der Waals surface area contributed by atoms with E-state index < -0.39 is 5.97 Å². The normalized spacial score (nSPS) is 18.3. The van der Waals surface area contributed by atoms with Crippen LogP contribution in [0.5, 0.6) is 0 Å². The van der Waals surface area contributed by atoms with E-state index >= 15 is 0 Å². The lowest BCUT2D eigenvalue weighted by Crippen LogP contribution is -2.44. The number of nitrogens with zero attached hydrogens (tertiary/aromatic N) is 1. The number of aliphatic carboxylic acids is 1. The molecule has 0 aliphatic carbocycles. The van der Waals surface area contributed by atoms with Crippen molar-refractivity contribution >= 4 is 11.9 Å². The first-order chi connectivity index (χ1) is 8.59. The number of amides is 1. The number of carbonyl (C=O) groups excluding carboxylic acids is 1. The average molecular weight is 256 g/mol. The Morgan fingerprint density at radius 2 is 1.89 bits per heavy atom. The topological polar surface area (TPSA) is 69.6 Å². The highest BCUT2D eigenvalue weighted by atomic mass is 16.4. The minimum Gasteiger partial charge on any atom is -0.481 e. The molecule has 0 aromatic rings. The molecule has 5 nitrogen and oxygen atoms in total. The Balaban J connectivity index is 2.11. The third-order valence-electron chi connectivity index (χ3n) is 3.40. The van der Waals surface area contributed by atoms with Crippen molar-refractivity contribution in [3.63, 3.8) is 0 Å². The molecule has 1 unspecified atom stereocenters. The molecule has 1 rings (SSSR count). The Kier molecular flexibility index (Phi) is 6.72. The van der Waals surface area contributed by atoms with E-state index in [2.05, 4.69) is 17.1 Å². The first-order valence-corrected chi connectivity index (χ1v) is 6.82. The number of likely N-dealkylation sites (tertiary alicyclic amines) is 1. The van der Waals surface area contributed by atoms with Crippen LogP contribution in [0.1, 0.15) is 45.4 Å². The summed E-state index contributed by atoms with van der Waals surface area (Å²) >= 11 is 0. The lowest BCUT2D eigenvalue weighted by atomic mass is 10.1. The maximum Gasteiger partial charge on any atom is 0.303 e. The maximum absolute atomic E-state index is 11.5. The summed E-state index contributed by atoms with van der Waals surface area (Å²) in [6.07, 6.45) is 4.59. The number of carbonyl (C=O) groups is 2. The van der Waals surface area contributed by atoms with E-state index in [9.17, 15) is 9.59 Å². The fourth-order valence-electron chi connectivity index (χ4n) is 2.24. The van der Waals surface area contributed by atoms with Crippen LogP contribution in [0.15, 0.2) is 0 Å². The zero-order valence-corrected chi connectivity index (χ0v) is 11.2. The van der Waals surface area contributed by atoms with E-state index in [0.29, 0.717) is 25.4 Å². The quantitative estimate of drug-likeness (QED) is 0.719. The highest BCUT2D eigenvalue weighted by molar-refractivity contribution is 5.76. The first-order valence-electron chi connectivity index (χ1n) is 6.82. The van der Waals surface area contributed by atoms with Crippen molar-refractivity contribution in [3.8, 4) is 0 Å². The van der Waals surface area contributed by atoms with Crippen molar-refractivity contribution in [1.29, 1.82) is 0 Å². The minimum atomic E-state index is -0.843. The van der Waals surface area contributed by atoms with Gasteiger partial charge in [-0.1, -0.05) is 6.42 Å². The summed E-state index contributed by atoms with van der Waals surface area (Å²) in [7, 11) is 0. The number of piperidine rings is 1. The zero-order valence-electron chi connectivity index (χ0n) is 11.2. The van der Waals surface area contributed by atoms with Gasteiger partial charge < -0.3 is 10.4 Å². The minimum absolute atomic E-state index is 0.0416. The molecule has 18 heavy (non-hydrogen) atoms. The molecular formula is C13H24N2O3. The van der Waals surface area contributed by atoms with Gasteiger partial charge in [-0.15, -0.1) is 0 Å². The highest BCUT2D eigenvalue weighted by Gasteiger charge is 2.16. The summed E-state index contributed by atoms with van der Waals surface area (Å²) in [5.41, 5.74) is 0. The summed E-state index contributed by atoms with van der Waals surface area (Å²) in [5, 5.41) is 11.4. The Bertz CT molecular complexity index is 275. The number of hydrogen-bond acceptors (Lipinski definition) is 3. The van der Waals surface area contributed by atoms with Gasteiger partial charge in [0.25, 0.3) is 0 Å². The Hall–Kier alpha value is -1.10. The third kappa shape index (κ3) is 6.00. The molecule has 1 amide bonds. The van der Waals surface area contributed by atoms with Crippen molar-refractivity contribution in [2.75, 3.05) is 19.6 Å². The van der Waals surface area contributed by atoms with Crippen molar-refractivity contribution in [3.05, 3.63) is 0 Å². The fraction of sp³-hybridized carbons (Fsp3) is 0.846. The monoisotopic (exact) mass is 256 g/mol. The Morgan fingerprint density at radius 1 is 1.22 bits per heavy atom. The van der Waals surface area contributed by atoms with Crippen LogP contribution in [-0.4, -0.2) is 47.6 Å². The molecule has 0 aromatic heterocycles. The van der Waals surface area contributed by atoms with Gasteiger partial charge in [-0.2, -0.15) is 0 Å². The number of rotatable bonds is 7. The van der Waals surface area contributed by atoms with Crippen LogP contribution in [0.3, 0.4) is 0 Å². The molecule has 104 valence electrons. The number of hydrogen-bond donors (Lipinski definition) is 2. The van der Waals surface area contributed by atoms with Gasteiger partial charge in [0.2, 0.25) is 5.91 Å². The molecular weight excluding hydrogens is 232 g/mol. The summed E-state index contributed by atoms with van der Waals surface area (Å²) in [6, 6.07) is 0.369. The molecule has 0 aromatic carbocycles. The van der Waals surface area contributed by atoms with E-state index in [1.807, 2.05) is 0 Å². The van der Waals surface area contributed by atoms with E-state index in [-0.39, 0.29) is 12.3 Å². The molecule has 0 saturated carbocycles. The van der Waals surface area contributed by atoms with Crippen LogP contribution >= 0.6 is 0 Å². The van der Waals surface area contributed by atoms with Crippen molar-refractivity contribution in [1.82, 2.24) is 10.2 Å². The molecule has 1 fully saturated rings. The molecule has 0 bridgehead atoms. The Morgan fingerprint density at radius 3 is 2.50 bits per heavy atom. The van der Waals surface area contributed by atoms with Gasteiger partial charge in [0.1, 0.15) is 0 Å². The van der Waals surface area contributed by atoms with E-state index in [1.54, 1.807) is 0 Å². The molecule has 0 spiro atoms. The lowest BCUT2D eigenvalue weighted by molar-refractivity contribution is -0.137. The van der Waals surface area contributed by atoms with Crippen molar-refractivity contribution in [2.45, 2.75) is 51.5 Å². The van der Waals surface area contributed by atoms with Crippen molar-refractivity contribution < 1.29 is 14.7 Å². The molecule has 1 aliphatic heterocycles. The van der Waals surface area contributed by atoms with Crippen LogP contribution < -0.4 is 5.32 Å². The molecule has 0 radical (unpaired) electrons. The van der Waals surface area contributed by atoms with Gasteiger partial charge in [0, 0.05) is 25.4 Å². The summed E-state index contributed by atoms with van der Waals surface area (Å²) in [4.78, 5) is 24.2. The molecule has 2 N–H and O–H groups in total. The second-order valence-corrected chi connectivity index (χ2v) is 5.00. The molecule has 1 aliphatic rings. The van der Waals surface area contributed by atoms with Gasteiger partial charge in [-0.3, -0.25) is 14.5 Å². The molecule has 1 atom stereocenters. The maximum atomic E-state index is 11.5. The number of carboxylic acid groups (broad SMARTS) is 1. The van der Waals surface area contributed by atoms with E-state index in [0.717, 1.165) is 13.1 Å². The smallest absolute Gasteiger partial charge is 0.303 e. The highest BCUT2D eigenvalue weighted by Crippen LogP contribution is 2.11.